The highest BCUT2D eigenvalue weighted by molar-refractivity contribution is 5.05. The highest BCUT2D eigenvalue weighted by Gasteiger charge is 2.12. The van der Waals surface area contributed by atoms with E-state index in [0.717, 1.165) is 0 Å². The van der Waals surface area contributed by atoms with Crippen LogP contribution in [0.1, 0.15) is 0 Å². The van der Waals surface area contributed by atoms with Crippen LogP contribution in [0, 0.1) is 5.21 Å². The van der Waals surface area contributed by atoms with Crippen LogP contribution in [0.15, 0.2) is 12.4 Å². The standard InChI is InChI=1S/C6H11N3O4/c10-4-5(11)3-8-2-1-7-6(8)9(12)13/h1-2,5,9-12H,3-4H2. The zero-order valence-electron chi connectivity index (χ0n) is 6.79. The van der Waals surface area contributed by atoms with Crippen LogP contribution >= 0.6 is 0 Å². The molecule has 0 saturated carbocycles. The number of nitrogens with zero attached hydrogens (tertiary/aromatic N) is 2. The number of nitrogens with one attached hydrogen (secondary N) is 1. The summed E-state index contributed by atoms with van der Waals surface area (Å²) >= 11 is 0. The molecule has 2 unspecified atom stereocenters. The van der Waals surface area contributed by atoms with Crippen molar-refractivity contribution in [1.82, 2.24) is 9.55 Å². The fraction of sp³-hybridized carbons (Fsp3) is 0.500. The summed E-state index contributed by atoms with van der Waals surface area (Å²) in [6, 6.07) is 0. The first-order chi connectivity index (χ1) is 6.15. The molecular weight excluding hydrogens is 178 g/mol. The highest BCUT2D eigenvalue weighted by Crippen LogP contribution is 1.99. The van der Waals surface area contributed by atoms with Crippen molar-refractivity contribution in [2.75, 3.05) is 6.61 Å². The second kappa shape index (κ2) is 4.30. The van der Waals surface area contributed by atoms with E-state index >= 15 is 0 Å². The minimum absolute atomic E-state index is 0.0259. The summed E-state index contributed by atoms with van der Waals surface area (Å²) in [6.07, 6.45) is 1.79. The molecule has 0 spiro atoms. The van der Waals surface area contributed by atoms with Crippen molar-refractivity contribution < 1.29 is 20.6 Å². The van der Waals surface area contributed by atoms with Crippen molar-refractivity contribution >= 4 is 5.95 Å². The minimum Gasteiger partial charge on any atom is -0.592 e. The van der Waals surface area contributed by atoms with Crippen LogP contribution in [0.5, 0.6) is 0 Å². The summed E-state index contributed by atoms with van der Waals surface area (Å²) in [4.78, 5) is 3.57. The summed E-state index contributed by atoms with van der Waals surface area (Å²) in [7, 11) is 0. The monoisotopic (exact) mass is 189 g/mol. The topological polar surface area (TPSA) is 106 Å². The molecule has 0 aliphatic heterocycles. The Kier molecular flexibility index (Phi) is 3.34. The van der Waals surface area contributed by atoms with Gasteiger partial charge in [-0.05, 0) is 0 Å². The van der Waals surface area contributed by atoms with Gasteiger partial charge in [0, 0.05) is 6.20 Å². The van der Waals surface area contributed by atoms with Crippen LogP contribution in [-0.4, -0.2) is 37.7 Å². The fourth-order valence-corrected chi connectivity index (χ4v) is 0.939. The predicted molar refractivity (Wildman–Crippen MR) is 41.1 cm³/mol. The molecule has 1 aromatic heterocycles. The molecule has 0 fully saturated rings. The van der Waals surface area contributed by atoms with Gasteiger partial charge >= 0.3 is 5.95 Å². The maximum Gasteiger partial charge on any atom is 0.341 e. The number of aliphatic hydroxyl groups is 2. The summed E-state index contributed by atoms with van der Waals surface area (Å²) in [5.41, 5.74) is 0. The second-order valence-electron chi connectivity index (χ2n) is 2.54. The van der Waals surface area contributed by atoms with E-state index in [-0.39, 0.29) is 12.5 Å². The number of imidazole rings is 1. The molecule has 74 valence electrons. The first-order valence-corrected chi connectivity index (χ1v) is 3.68. The van der Waals surface area contributed by atoms with Crippen molar-refractivity contribution in [1.29, 1.82) is 0 Å². The molecule has 1 heterocycles. The molecule has 0 aliphatic rings. The largest absolute Gasteiger partial charge is 0.592 e. The van der Waals surface area contributed by atoms with Gasteiger partial charge in [-0.3, -0.25) is 4.57 Å². The summed E-state index contributed by atoms with van der Waals surface area (Å²) in [6.45, 7) is -0.380. The van der Waals surface area contributed by atoms with Crippen LogP contribution in [0.3, 0.4) is 0 Å². The van der Waals surface area contributed by atoms with Gasteiger partial charge in [-0.2, -0.15) is 10.2 Å². The Bertz CT molecular complexity index is 262. The van der Waals surface area contributed by atoms with Crippen LogP contribution in [0.2, 0.25) is 0 Å². The lowest BCUT2D eigenvalue weighted by molar-refractivity contribution is -0.996. The van der Waals surface area contributed by atoms with E-state index in [0.29, 0.717) is 0 Å². The van der Waals surface area contributed by atoms with E-state index in [1.807, 2.05) is 0 Å². The van der Waals surface area contributed by atoms with Crippen molar-refractivity contribution in [2.45, 2.75) is 12.6 Å². The van der Waals surface area contributed by atoms with Gasteiger partial charge in [0.15, 0.2) is 0 Å². The van der Waals surface area contributed by atoms with Crippen molar-refractivity contribution in [3.8, 4) is 0 Å². The highest BCUT2D eigenvalue weighted by atomic mass is 16.8. The molecule has 1 aromatic rings. The Morgan fingerprint density at radius 1 is 1.69 bits per heavy atom. The lowest BCUT2D eigenvalue weighted by atomic mass is 10.4. The fourth-order valence-electron chi connectivity index (χ4n) is 0.939. The molecule has 1 rings (SSSR count). The number of quaternary nitrogens is 1. The third-order valence-corrected chi connectivity index (χ3v) is 1.52. The Morgan fingerprint density at radius 3 is 2.92 bits per heavy atom. The van der Waals surface area contributed by atoms with Crippen LogP contribution in [-0.2, 0) is 6.54 Å². The Labute approximate surface area is 74.0 Å². The van der Waals surface area contributed by atoms with E-state index in [9.17, 15) is 5.21 Å². The van der Waals surface area contributed by atoms with Crippen LogP contribution in [0.4, 0.5) is 5.95 Å². The normalized spacial score (nSPS) is 15.7. The summed E-state index contributed by atoms with van der Waals surface area (Å²) < 4.78 is 1.27. The molecule has 0 radical (unpaired) electrons. The van der Waals surface area contributed by atoms with Crippen molar-refractivity contribution in [3.05, 3.63) is 17.6 Å². The molecule has 4 N–H and O–H groups in total. The average Bonchev–Trinajstić information content (AvgIpc) is 2.52. The molecule has 7 nitrogen and oxygen atoms in total. The van der Waals surface area contributed by atoms with Gasteiger partial charge in [0.25, 0.3) is 0 Å². The van der Waals surface area contributed by atoms with Gasteiger partial charge in [-0.15, -0.1) is 0 Å². The Balaban J connectivity index is 2.70. The predicted octanol–water partition coefficient (Wildman–Crippen LogP) is -2.36. The van der Waals surface area contributed by atoms with Crippen LogP contribution in [0.25, 0.3) is 0 Å². The molecule has 13 heavy (non-hydrogen) atoms. The van der Waals surface area contributed by atoms with E-state index in [1.54, 1.807) is 0 Å². The Morgan fingerprint density at radius 2 is 2.38 bits per heavy atom. The van der Waals surface area contributed by atoms with E-state index in [4.69, 9.17) is 15.4 Å². The smallest absolute Gasteiger partial charge is 0.341 e. The SMILES string of the molecule is [O-][NH+](O)c1nccn1CC(O)CO. The molecule has 0 amide bonds. The maximum atomic E-state index is 10.5. The first-order valence-electron chi connectivity index (χ1n) is 3.68. The zero-order chi connectivity index (χ0) is 9.84. The molecule has 0 saturated heterocycles. The number of hydrogen-bond acceptors (Lipinski definition) is 5. The number of hydrogen-bond donors (Lipinski definition) is 4. The van der Waals surface area contributed by atoms with Crippen molar-refractivity contribution in [2.24, 2.45) is 0 Å². The maximum absolute atomic E-state index is 10.5. The lowest BCUT2D eigenvalue weighted by Crippen LogP contribution is -3.00. The van der Waals surface area contributed by atoms with Gasteiger partial charge in [0.2, 0.25) is 0 Å². The van der Waals surface area contributed by atoms with Gasteiger partial charge in [-0.1, -0.05) is 0 Å². The summed E-state index contributed by atoms with van der Waals surface area (Å²) in [5, 5.41) is 35.6. The minimum atomic E-state index is -1.16. The first kappa shape index (κ1) is 10.1. The molecule has 0 aliphatic carbocycles. The van der Waals surface area contributed by atoms with E-state index in [1.165, 1.54) is 17.0 Å². The summed E-state index contributed by atoms with van der Waals surface area (Å²) in [5.74, 6) is -0.146. The molecule has 7 heteroatoms. The van der Waals surface area contributed by atoms with E-state index in [2.05, 4.69) is 4.98 Å². The average molecular weight is 189 g/mol. The van der Waals surface area contributed by atoms with Crippen LogP contribution < -0.4 is 5.23 Å². The van der Waals surface area contributed by atoms with Gasteiger partial charge < -0.3 is 15.4 Å². The number of aromatic nitrogens is 2. The van der Waals surface area contributed by atoms with Gasteiger partial charge in [0.1, 0.15) is 0 Å². The molecule has 2 atom stereocenters. The lowest BCUT2D eigenvalue weighted by Gasteiger charge is -2.14. The quantitative estimate of drug-likeness (QED) is 0.396. The van der Waals surface area contributed by atoms with Gasteiger partial charge in [-0.25, -0.2) is 5.21 Å². The third-order valence-electron chi connectivity index (χ3n) is 1.52. The number of rotatable bonds is 4. The third kappa shape index (κ3) is 2.47. The molecule has 0 aromatic carbocycles. The second-order valence-corrected chi connectivity index (χ2v) is 2.54. The zero-order valence-corrected chi connectivity index (χ0v) is 6.79. The molecule has 0 bridgehead atoms. The Hall–Kier alpha value is -0.990. The molecular formula is C6H11N3O4. The number of aliphatic hydroxyl groups excluding tert-OH is 2. The van der Waals surface area contributed by atoms with Crippen molar-refractivity contribution in [3.63, 3.8) is 0 Å². The van der Waals surface area contributed by atoms with Gasteiger partial charge in [0.05, 0.1) is 25.5 Å². The van der Waals surface area contributed by atoms with E-state index < -0.39 is 17.9 Å².